The first-order valence-electron chi connectivity index (χ1n) is 8.48. The van der Waals surface area contributed by atoms with Gasteiger partial charge in [0.2, 0.25) is 0 Å². The molecular formula is C19H21N3O4. The Balaban J connectivity index is 1.80. The molecule has 2 heterocycles. The molecule has 1 atom stereocenters. The number of aromatic nitrogens is 1. The lowest BCUT2D eigenvalue weighted by molar-refractivity contribution is -0.118. The SMILES string of the molecule is CC(C)Oc1ccccc1-c1ccc(N2CC[C@H](NC(=O)O)C2=O)nc1. The van der Waals surface area contributed by atoms with Crippen molar-refractivity contribution >= 4 is 17.8 Å². The van der Waals surface area contributed by atoms with E-state index in [1.807, 2.05) is 44.2 Å². The van der Waals surface area contributed by atoms with Gasteiger partial charge in [0.15, 0.2) is 0 Å². The Labute approximate surface area is 151 Å². The van der Waals surface area contributed by atoms with Crippen LogP contribution in [0, 0.1) is 0 Å². The number of rotatable bonds is 5. The molecule has 0 radical (unpaired) electrons. The van der Waals surface area contributed by atoms with Crippen LogP contribution in [0.15, 0.2) is 42.6 Å². The van der Waals surface area contributed by atoms with Crippen LogP contribution >= 0.6 is 0 Å². The summed E-state index contributed by atoms with van der Waals surface area (Å²) in [4.78, 5) is 29.0. The van der Waals surface area contributed by atoms with E-state index in [-0.39, 0.29) is 12.0 Å². The van der Waals surface area contributed by atoms with Gasteiger partial charge < -0.3 is 15.2 Å². The molecular weight excluding hydrogens is 334 g/mol. The number of pyridine rings is 1. The van der Waals surface area contributed by atoms with E-state index in [1.54, 1.807) is 12.3 Å². The molecule has 0 saturated carbocycles. The second kappa shape index (κ2) is 7.43. The van der Waals surface area contributed by atoms with Crippen molar-refractivity contribution in [1.29, 1.82) is 0 Å². The molecule has 3 rings (SSSR count). The normalized spacial score (nSPS) is 16.8. The maximum absolute atomic E-state index is 12.3. The van der Waals surface area contributed by atoms with Crippen molar-refractivity contribution in [3.05, 3.63) is 42.6 Å². The zero-order chi connectivity index (χ0) is 18.7. The van der Waals surface area contributed by atoms with Crippen LogP contribution in [-0.2, 0) is 4.79 Å². The minimum absolute atomic E-state index is 0.0595. The molecule has 26 heavy (non-hydrogen) atoms. The number of ether oxygens (including phenoxy) is 1. The van der Waals surface area contributed by atoms with Crippen molar-refractivity contribution in [3.8, 4) is 16.9 Å². The summed E-state index contributed by atoms with van der Waals surface area (Å²) < 4.78 is 5.84. The number of benzene rings is 1. The van der Waals surface area contributed by atoms with E-state index in [0.29, 0.717) is 18.8 Å². The van der Waals surface area contributed by atoms with E-state index in [2.05, 4.69) is 10.3 Å². The highest BCUT2D eigenvalue weighted by molar-refractivity contribution is 6.00. The molecule has 0 bridgehead atoms. The molecule has 2 aromatic rings. The molecule has 136 valence electrons. The Kier molecular flexibility index (Phi) is 5.06. The third-order valence-corrected chi connectivity index (χ3v) is 4.09. The smallest absolute Gasteiger partial charge is 0.405 e. The maximum Gasteiger partial charge on any atom is 0.405 e. The summed E-state index contributed by atoms with van der Waals surface area (Å²) >= 11 is 0. The van der Waals surface area contributed by atoms with Crippen molar-refractivity contribution < 1.29 is 19.4 Å². The molecule has 1 saturated heterocycles. The number of carboxylic acid groups (broad SMARTS) is 1. The number of para-hydroxylation sites is 1. The highest BCUT2D eigenvalue weighted by Crippen LogP contribution is 2.31. The Morgan fingerprint density at radius 3 is 2.73 bits per heavy atom. The molecule has 0 aliphatic carbocycles. The topological polar surface area (TPSA) is 91.8 Å². The van der Waals surface area contributed by atoms with Crippen molar-refractivity contribution in [2.45, 2.75) is 32.4 Å². The minimum atomic E-state index is -1.20. The van der Waals surface area contributed by atoms with E-state index >= 15 is 0 Å². The second-order valence-electron chi connectivity index (χ2n) is 6.35. The van der Waals surface area contributed by atoms with Crippen LogP contribution < -0.4 is 15.0 Å². The van der Waals surface area contributed by atoms with E-state index in [4.69, 9.17) is 9.84 Å². The van der Waals surface area contributed by atoms with Crippen molar-refractivity contribution in [2.75, 3.05) is 11.4 Å². The van der Waals surface area contributed by atoms with Gasteiger partial charge in [-0.1, -0.05) is 18.2 Å². The van der Waals surface area contributed by atoms with Crippen LogP contribution in [0.1, 0.15) is 20.3 Å². The van der Waals surface area contributed by atoms with Gasteiger partial charge in [-0.15, -0.1) is 0 Å². The van der Waals surface area contributed by atoms with Crippen LogP contribution in [-0.4, -0.2) is 40.8 Å². The Hall–Kier alpha value is -3.09. The average Bonchev–Trinajstić information content (AvgIpc) is 2.95. The van der Waals surface area contributed by atoms with E-state index in [0.717, 1.165) is 16.9 Å². The average molecular weight is 355 g/mol. The lowest BCUT2D eigenvalue weighted by atomic mass is 10.1. The standard InChI is InChI=1S/C19H21N3O4/c1-12(2)26-16-6-4-3-5-14(16)13-7-8-17(20-11-13)22-10-9-15(18(22)23)21-19(24)25/h3-8,11-12,15,21H,9-10H2,1-2H3,(H,24,25)/t15-/m0/s1. The van der Waals surface area contributed by atoms with Gasteiger partial charge in [-0.3, -0.25) is 9.69 Å². The molecule has 2 N–H and O–H groups in total. The number of anilines is 1. The molecule has 1 aliphatic rings. The first kappa shape index (κ1) is 17.7. The van der Waals surface area contributed by atoms with Gasteiger partial charge in [-0.05, 0) is 38.5 Å². The lowest BCUT2D eigenvalue weighted by Crippen LogP contribution is -2.41. The molecule has 1 aromatic carbocycles. The van der Waals surface area contributed by atoms with Crippen molar-refractivity contribution in [3.63, 3.8) is 0 Å². The lowest BCUT2D eigenvalue weighted by Gasteiger charge is -2.17. The highest BCUT2D eigenvalue weighted by Gasteiger charge is 2.34. The van der Waals surface area contributed by atoms with Gasteiger partial charge in [0.1, 0.15) is 17.6 Å². The van der Waals surface area contributed by atoms with Crippen LogP contribution in [0.3, 0.4) is 0 Å². The van der Waals surface area contributed by atoms with Gasteiger partial charge in [-0.25, -0.2) is 9.78 Å². The van der Waals surface area contributed by atoms with Crippen molar-refractivity contribution in [2.24, 2.45) is 0 Å². The van der Waals surface area contributed by atoms with E-state index in [9.17, 15) is 9.59 Å². The van der Waals surface area contributed by atoms with Gasteiger partial charge in [0, 0.05) is 23.9 Å². The maximum atomic E-state index is 12.3. The summed E-state index contributed by atoms with van der Waals surface area (Å²) in [5.74, 6) is 1.01. The number of nitrogens with zero attached hydrogens (tertiary/aromatic N) is 2. The van der Waals surface area contributed by atoms with E-state index < -0.39 is 12.1 Å². The largest absolute Gasteiger partial charge is 0.490 e. The summed E-state index contributed by atoms with van der Waals surface area (Å²) in [6, 6.07) is 10.7. The summed E-state index contributed by atoms with van der Waals surface area (Å²) in [6.45, 7) is 4.38. The number of carbonyl (C=O) groups excluding carboxylic acids is 1. The van der Waals surface area contributed by atoms with Crippen LogP contribution in [0.4, 0.5) is 10.6 Å². The molecule has 0 unspecified atom stereocenters. The fourth-order valence-electron chi connectivity index (χ4n) is 2.96. The number of hydrogen-bond donors (Lipinski definition) is 2. The summed E-state index contributed by atoms with van der Waals surface area (Å²) in [5, 5.41) is 11.0. The summed E-state index contributed by atoms with van der Waals surface area (Å²) in [7, 11) is 0. The Morgan fingerprint density at radius 2 is 2.08 bits per heavy atom. The minimum Gasteiger partial charge on any atom is -0.490 e. The van der Waals surface area contributed by atoms with Crippen LogP contribution in [0.5, 0.6) is 5.75 Å². The van der Waals surface area contributed by atoms with Gasteiger partial charge in [0.25, 0.3) is 5.91 Å². The molecule has 1 aromatic heterocycles. The van der Waals surface area contributed by atoms with Crippen LogP contribution in [0.25, 0.3) is 11.1 Å². The zero-order valence-corrected chi connectivity index (χ0v) is 14.7. The zero-order valence-electron chi connectivity index (χ0n) is 14.7. The van der Waals surface area contributed by atoms with Gasteiger partial charge in [0.05, 0.1) is 6.10 Å². The number of amides is 2. The summed E-state index contributed by atoms with van der Waals surface area (Å²) in [5.41, 5.74) is 1.82. The first-order valence-corrected chi connectivity index (χ1v) is 8.48. The summed E-state index contributed by atoms with van der Waals surface area (Å²) in [6.07, 6.45) is 0.988. The molecule has 0 spiro atoms. The second-order valence-corrected chi connectivity index (χ2v) is 6.35. The quantitative estimate of drug-likeness (QED) is 0.860. The fraction of sp³-hybridized carbons (Fsp3) is 0.316. The predicted octanol–water partition coefficient (Wildman–Crippen LogP) is 2.91. The Morgan fingerprint density at radius 1 is 1.31 bits per heavy atom. The molecule has 7 heteroatoms. The monoisotopic (exact) mass is 355 g/mol. The molecule has 1 aliphatic heterocycles. The fourth-order valence-corrected chi connectivity index (χ4v) is 2.96. The van der Waals surface area contributed by atoms with Crippen LogP contribution in [0.2, 0.25) is 0 Å². The number of carbonyl (C=O) groups is 2. The number of nitrogens with one attached hydrogen (secondary N) is 1. The highest BCUT2D eigenvalue weighted by atomic mass is 16.5. The first-order chi connectivity index (χ1) is 12.5. The molecule has 2 amide bonds. The van der Waals surface area contributed by atoms with E-state index in [1.165, 1.54) is 4.90 Å². The van der Waals surface area contributed by atoms with Crippen molar-refractivity contribution in [1.82, 2.24) is 10.3 Å². The third-order valence-electron chi connectivity index (χ3n) is 4.09. The molecule has 1 fully saturated rings. The van der Waals surface area contributed by atoms with Gasteiger partial charge in [-0.2, -0.15) is 0 Å². The molecule has 7 nitrogen and oxygen atoms in total. The Bertz CT molecular complexity index is 805. The number of hydrogen-bond acceptors (Lipinski definition) is 4. The predicted molar refractivity (Wildman–Crippen MR) is 97.4 cm³/mol. The van der Waals surface area contributed by atoms with Gasteiger partial charge >= 0.3 is 6.09 Å². The third kappa shape index (κ3) is 3.77.